The summed E-state index contributed by atoms with van der Waals surface area (Å²) in [5, 5.41) is 15.4. The molecule has 2 aliphatic heterocycles. The highest BCUT2D eigenvalue weighted by Gasteiger charge is 2.39. The monoisotopic (exact) mass is 640 g/mol. The van der Waals surface area contributed by atoms with Gasteiger partial charge in [0.05, 0.1) is 17.6 Å². The van der Waals surface area contributed by atoms with Crippen LogP contribution < -0.4 is 4.90 Å². The number of hydrogen-bond donors (Lipinski definition) is 3. The number of carboxylic acids is 2. The Morgan fingerprint density at radius 2 is 1.53 bits per heavy atom. The largest absolute Gasteiger partial charge is 0.490 e. The van der Waals surface area contributed by atoms with Crippen LogP contribution in [0.25, 0.3) is 11.0 Å². The van der Waals surface area contributed by atoms with Crippen molar-refractivity contribution in [3.05, 3.63) is 47.8 Å². The molecule has 2 aliphatic rings. The number of anilines is 1. The quantitative estimate of drug-likeness (QED) is 0.361. The van der Waals surface area contributed by atoms with E-state index in [1.807, 2.05) is 12.4 Å². The molecule has 43 heavy (non-hydrogen) atoms. The average molecular weight is 641 g/mol. The van der Waals surface area contributed by atoms with Crippen molar-refractivity contribution in [2.75, 3.05) is 30.8 Å². The van der Waals surface area contributed by atoms with E-state index in [4.69, 9.17) is 19.8 Å². The van der Waals surface area contributed by atoms with Gasteiger partial charge in [-0.25, -0.2) is 37.3 Å². The highest BCUT2D eigenvalue weighted by atomic mass is 32.2. The van der Waals surface area contributed by atoms with Crippen LogP contribution in [0.4, 0.5) is 32.0 Å². The third kappa shape index (κ3) is 8.76. The molecule has 0 saturated carbocycles. The lowest BCUT2D eigenvalue weighted by molar-refractivity contribution is -0.193. The summed E-state index contributed by atoms with van der Waals surface area (Å²) in [4.78, 5) is 37.0. The predicted octanol–water partition coefficient (Wildman–Crippen LogP) is 3.32. The normalized spacial score (nSPS) is 16.4. The van der Waals surface area contributed by atoms with Gasteiger partial charge in [-0.05, 0) is 25.0 Å². The van der Waals surface area contributed by atoms with E-state index < -0.39 is 34.3 Å². The van der Waals surface area contributed by atoms with Gasteiger partial charge in [0.25, 0.3) is 0 Å². The van der Waals surface area contributed by atoms with Crippen LogP contribution in [0.5, 0.6) is 0 Å². The maximum Gasteiger partial charge on any atom is 0.490 e. The second kappa shape index (κ2) is 13.1. The molecule has 0 amide bonds. The Morgan fingerprint density at radius 1 is 0.953 bits per heavy atom. The summed E-state index contributed by atoms with van der Waals surface area (Å²) in [5.41, 5.74) is 5.48. The molecule has 0 aliphatic carbocycles. The molecule has 12 nitrogen and oxygen atoms in total. The lowest BCUT2D eigenvalue weighted by atomic mass is 9.89. The van der Waals surface area contributed by atoms with Crippen molar-refractivity contribution < 1.29 is 54.6 Å². The molecule has 0 unspecified atom stereocenters. The van der Waals surface area contributed by atoms with Crippen molar-refractivity contribution in [1.82, 2.24) is 24.2 Å². The minimum Gasteiger partial charge on any atom is -0.475 e. The molecule has 19 heteroatoms. The number of H-pyrrole nitrogens is 1. The summed E-state index contributed by atoms with van der Waals surface area (Å²) in [5.74, 6) is -5.24. The van der Waals surface area contributed by atoms with Gasteiger partial charge in [-0.3, -0.25) is 0 Å². The van der Waals surface area contributed by atoms with E-state index in [1.165, 1.54) is 17.5 Å². The van der Waals surface area contributed by atoms with Crippen molar-refractivity contribution in [3.8, 4) is 0 Å². The van der Waals surface area contributed by atoms with Gasteiger partial charge < -0.3 is 20.1 Å². The van der Waals surface area contributed by atoms with Crippen molar-refractivity contribution in [3.63, 3.8) is 0 Å². The Balaban J connectivity index is 0.000000303. The number of carboxylic acid groups (broad SMARTS) is 2. The zero-order valence-corrected chi connectivity index (χ0v) is 23.2. The molecule has 3 N–H and O–H groups in total. The van der Waals surface area contributed by atoms with Gasteiger partial charge in [0.2, 0.25) is 10.0 Å². The number of piperidine rings is 1. The topological polar surface area (TPSA) is 170 Å². The Kier molecular flexibility index (Phi) is 10.2. The molecule has 0 atom stereocenters. The average Bonchev–Trinajstić information content (AvgIpc) is 3.41. The molecule has 236 valence electrons. The van der Waals surface area contributed by atoms with Gasteiger partial charge >= 0.3 is 24.3 Å². The van der Waals surface area contributed by atoms with Gasteiger partial charge in [0, 0.05) is 67.5 Å². The minimum absolute atomic E-state index is 0.273. The summed E-state index contributed by atoms with van der Waals surface area (Å²) < 4.78 is 88.7. The van der Waals surface area contributed by atoms with E-state index in [1.54, 1.807) is 10.6 Å². The Labute approximate surface area is 240 Å². The van der Waals surface area contributed by atoms with Gasteiger partial charge in [0.1, 0.15) is 12.0 Å². The molecule has 0 aromatic carbocycles. The standard InChI is InChI=1S/C20H24N6O2S.2C2HF3O2/c1-29(27,28)26-10-4-14(5-11-26)19-16-12-25(9-6-17(16)23-13-24-19)18-3-8-22-20-15(18)2-7-21-20;2*3-2(4,5)1(6)7/h2-3,7-8,13-14H,4-6,9-12H2,1H3,(H,21,22);2*(H,6,7). The minimum atomic E-state index is -5.08. The van der Waals surface area contributed by atoms with Crippen LogP contribution in [0.1, 0.15) is 35.7 Å². The number of nitrogens with zero attached hydrogens (tertiary/aromatic N) is 5. The van der Waals surface area contributed by atoms with Gasteiger partial charge in [-0.15, -0.1) is 0 Å². The van der Waals surface area contributed by atoms with E-state index in [0.717, 1.165) is 54.8 Å². The molecule has 3 aromatic heterocycles. The van der Waals surface area contributed by atoms with Crippen LogP contribution in [0.15, 0.2) is 30.9 Å². The first-order valence-electron chi connectivity index (χ1n) is 12.4. The first kappa shape index (κ1) is 33.5. The predicted molar refractivity (Wildman–Crippen MR) is 139 cm³/mol. The highest BCUT2D eigenvalue weighted by molar-refractivity contribution is 7.88. The van der Waals surface area contributed by atoms with Crippen LogP contribution >= 0.6 is 0 Å². The maximum absolute atomic E-state index is 11.8. The van der Waals surface area contributed by atoms with Crippen molar-refractivity contribution in [2.45, 2.75) is 44.1 Å². The number of rotatable bonds is 3. The number of aromatic nitrogens is 4. The number of aliphatic carboxylic acids is 2. The fourth-order valence-electron chi connectivity index (χ4n) is 4.60. The second-order valence-corrected chi connectivity index (χ2v) is 11.5. The molecule has 5 heterocycles. The molecule has 0 spiro atoms. The number of nitrogens with one attached hydrogen (secondary N) is 1. The van der Waals surface area contributed by atoms with Crippen LogP contribution in [-0.4, -0.2) is 93.1 Å². The van der Waals surface area contributed by atoms with E-state index in [9.17, 15) is 34.8 Å². The van der Waals surface area contributed by atoms with Gasteiger partial charge in [-0.2, -0.15) is 26.3 Å². The fourth-order valence-corrected chi connectivity index (χ4v) is 5.48. The number of pyridine rings is 1. The Bertz CT molecular complexity index is 1530. The van der Waals surface area contributed by atoms with Crippen molar-refractivity contribution >= 4 is 38.7 Å². The maximum atomic E-state index is 11.8. The van der Waals surface area contributed by atoms with Crippen LogP contribution in [0, 0.1) is 0 Å². The number of carbonyl (C=O) groups is 2. The van der Waals surface area contributed by atoms with E-state index >= 15 is 0 Å². The molecule has 1 saturated heterocycles. The summed E-state index contributed by atoms with van der Waals surface area (Å²) in [7, 11) is -3.13. The number of fused-ring (bicyclic) bond motifs is 2. The molecular weight excluding hydrogens is 614 g/mol. The van der Waals surface area contributed by atoms with Crippen LogP contribution in [-0.2, 0) is 32.6 Å². The second-order valence-electron chi connectivity index (χ2n) is 9.47. The smallest absolute Gasteiger partial charge is 0.475 e. The lowest BCUT2D eigenvalue weighted by Crippen LogP contribution is -2.38. The zero-order valence-electron chi connectivity index (χ0n) is 22.4. The molecule has 0 radical (unpaired) electrons. The Morgan fingerprint density at radius 3 is 2.07 bits per heavy atom. The van der Waals surface area contributed by atoms with Gasteiger partial charge in [0.15, 0.2) is 0 Å². The molecule has 5 rings (SSSR count). The molecule has 0 bridgehead atoms. The van der Waals surface area contributed by atoms with E-state index in [0.29, 0.717) is 13.1 Å². The number of hydrogen-bond acceptors (Lipinski definition) is 8. The first-order chi connectivity index (χ1) is 19.9. The molecule has 1 fully saturated rings. The highest BCUT2D eigenvalue weighted by Crippen LogP contribution is 2.35. The van der Waals surface area contributed by atoms with E-state index in [-0.39, 0.29) is 5.92 Å². The van der Waals surface area contributed by atoms with Gasteiger partial charge in [-0.1, -0.05) is 0 Å². The summed E-state index contributed by atoms with van der Waals surface area (Å²) in [6.07, 6.45) is -0.975. The first-order valence-corrected chi connectivity index (χ1v) is 14.3. The SMILES string of the molecule is CS(=O)(=O)N1CCC(c2ncnc3c2CN(c2ccnc4[nH]ccc24)CC3)CC1.O=C(O)C(F)(F)F.O=C(O)C(F)(F)F. The molecular formula is C24H26F6N6O6S. The third-order valence-electron chi connectivity index (χ3n) is 6.61. The van der Waals surface area contributed by atoms with Crippen LogP contribution in [0.2, 0.25) is 0 Å². The number of halogens is 6. The summed E-state index contributed by atoms with van der Waals surface area (Å²) in [6.45, 7) is 2.78. The number of sulfonamides is 1. The van der Waals surface area contributed by atoms with Crippen molar-refractivity contribution in [2.24, 2.45) is 0 Å². The zero-order chi connectivity index (χ0) is 32.2. The van der Waals surface area contributed by atoms with Crippen LogP contribution in [0.3, 0.4) is 0 Å². The third-order valence-corrected chi connectivity index (χ3v) is 7.91. The number of alkyl halides is 6. The summed E-state index contributed by atoms with van der Waals surface area (Å²) in [6, 6.07) is 4.13. The lowest BCUT2D eigenvalue weighted by Gasteiger charge is -2.35. The number of aromatic amines is 1. The van der Waals surface area contributed by atoms with E-state index in [2.05, 4.69) is 37.0 Å². The molecule has 3 aromatic rings. The summed E-state index contributed by atoms with van der Waals surface area (Å²) >= 11 is 0. The Hall–Kier alpha value is -4.00. The van der Waals surface area contributed by atoms with Crippen molar-refractivity contribution in [1.29, 1.82) is 0 Å². The fraction of sp³-hybridized carbons (Fsp3) is 0.458.